The molecular formula is C24H24ClFN4O3. The molecule has 0 spiro atoms. The number of nitrogens with zero attached hydrogens (tertiary/aromatic N) is 2. The molecule has 2 heterocycles. The normalized spacial score (nSPS) is 13.7. The molecule has 3 N–H and O–H groups in total. The zero-order valence-corrected chi connectivity index (χ0v) is 19.1. The Kier molecular flexibility index (Phi) is 6.21. The Labute approximate surface area is 195 Å². The van der Waals surface area contributed by atoms with E-state index in [0.717, 1.165) is 0 Å². The van der Waals surface area contributed by atoms with E-state index in [1.807, 2.05) is 0 Å². The number of nitrogens with two attached hydrogens (primary N) is 1. The lowest BCUT2D eigenvalue weighted by Crippen LogP contribution is -2.33. The fraction of sp³-hybridized carbons (Fsp3) is 0.333. The maximum absolute atomic E-state index is 15.5. The summed E-state index contributed by atoms with van der Waals surface area (Å²) in [5, 5.41) is 0.0743. The van der Waals surface area contributed by atoms with Crippen LogP contribution in [0.15, 0.2) is 41.3 Å². The van der Waals surface area contributed by atoms with E-state index in [2.05, 4.69) is 15.0 Å². The van der Waals surface area contributed by atoms with Crippen LogP contribution in [-0.4, -0.2) is 27.5 Å². The van der Waals surface area contributed by atoms with E-state index >= 15 is 4.39 Å². The van der Waals surface area contributed by atoms with Crippen LogP contribution in [-0.2, 0) is 11.2 Å². The second-order valence-corrected chi connectivity index (χ2v) is 9.34. The second kappa shape index (κ2) is 8.94. The SMILES string of the molecule is CC(C)(Cc1ccc(Cl)c(-c2nc(-c3ccc(OCC4CC4)cn3)cc(=O)[nH]2)c1F)C(N)=O. The van der Waals surface area contributed by atoms with Gasteiger partial charge in [-0.15, -0.1) is 0 Å². The summed E-state index contributed by atoms with van der Waals surface area (Å²) in [6.45, 7) is 3.93. The van der Waals surface area contributed by atoms with Gasteiger partial charge in [-0.25, -0.2) is 9.37 Å². The highest BCUT2D eigenvalue weighted by atomic mass is 35.5. The Morgan fingerprint density at radius 2 is 2.03 bits per heavy atom. The number of rotatable bonds is 8. The van der Waals surface area contributed by atoms with Crippen molar-refractivity contribution in [2.45, 2.75) is 33.1 Å². The largest absolute Gasteiger partial charge is 0.492 e. The maximum Gasteiger partial charge on any atom is 0.251 e. The predicted molar refractivity (Wildman–Crippen MR) is 123 cm³/mol. The molecule has 0 bridgehead atoms. The van der Waals surface area contributed by atoms with E-state index in [0.29, 0.717) is 24.0 Å². The fourth-order valence-electron chi connectivity index (χ4n) is 3.34. The summed E-state index contributed by atoms with van der Waals surface area (Å²) in [4.78, 5) is 35.4. The Morgan fingerprint density at radius 1 is 1.27 bits per heavy atom. The van der Waals surface area contributed by atoms with Crippen LogP contribution in [0, 0.1) is 17.2 Å². The number of halogens is 2. The highest BCUT2D eigenvalue weighted by molar-refractivity contribution is 6.33. The van der Waals surface area contributed by atoms with E-state index in [9.17, 15) is 9.59 Å². The molecule has 0 aliphatic heterocycles. The summed E-state index contributed by atoms with van der Waals surface area (Å²) >= 11 is 6.28. The topological polar surface area (TPSA) is 111 Å². The van der Waals surface area contributed by atoms with Gasteiger partial charge in [-0.3, -0.25) is 14.6 Å². The monoisotopic (exact) mass is 470 g/mol. The summed E-state index contributed by atoms with van der Waals surface area (Å²) < 4.78 is 21.1. The van der Waals surface area contributed by atoms with E-state index in [1.165, 1.54) is 31.0 Å². The Hall–Kier alpha value is -3.26. The third-order valence-corrected chi connectivity index (χ3v) is 5.95. The van der Waals surface area contributed by atoms with Crippen LogP contribution in [0.5, 0.6) is 5.75 Å². The number of aromatic nitrogens is 3. The molecule has 0 unspecified atom stereocenters. The number of hydrogen-bond acceptors (Lipinski definition) is 5. The minimum absolute atomic E-state index is 0.0328. The van der Waals surface area contributed by atoms with E-state index in [1.54, 1.807) is 32.2 Å². The van der Waals surface area contributed by atoms with E-state index in [4.69, 9.17) is 22.1 Å². The van der Waals surface area contributed by atoms with Crippen LogP contribution in [0.3, 0.4) is 0 Å². The number of ether oxygens (including phenoxy) is 1. The molecule has 172 valence electrons. The van der Waals surface area contributed by atoms with Gasteiger partial charge >= 0.3 is 0 Å². The van der Waals surface area contributed by atoms with Gasteiger partial charge in [-0.1, -0.05) is 31.5 Å². The first kappa shape index (κ1) is 22.9. The molecule has 4 rings (SSSR count). The quantitative estimate of drug-likeness (QED) is 0.514. The van der Waals surface area contributed by atoms with Gasteiger partial charge in [-0.2, -0.15) is 0 Å². The number of nitrogens with one attached hydrogen (secondary N) is 1. The maximum atomic E-state index is 15.5. The first-order chi connectivity index (χ1) is 15.6. The van der Waals surface area contributed by atoms with Crippen molar-refractivity contribution in [3.63, 3.8) is 0 Å². The Morgan fingerprint density at radius 3 is 2.67 bits per heavy atom. The second-order valence-electron chi connectivity index (χ2n) is 8.93. The average Bonchev–Trinajstić information content (AvgIpc) is 3.59. The molecule has 0 saturated heterocycles. The third-order valence-electron chi connectivity index (χ3n) is 5.63. The van der Waals surface area contributed by atoms with Gasteiger partial charge in [0.2, 0.25) is 5.91 Å². The summed E-state index contributed by atoms with van der Waals surface area (Å²) in [5.74, 6) is -0.00818. The molecule has 7 nitrogen and oxygen atoms in total. The fourth-order valence-corrected chi connectivity index (χ4v) is 3.57. The van der Waals surface area contributed by atoms with Gasteiger partial charge in [0.25, 0.3) is 5.56 Å². The van der Waals surface area contributed by atoms with Gasteiger partial charge in [0.05, 0.1) is 34.8 Å². The molecule has 1 saturated carbocycles. The lowest BCUT2D eigenvalue weighted by molar-refractivity contribution is -0.125. The predicted octanol–water partition coefficient (Wildman–Crippen LogP) is 4.13. The molecule has 0 atom stereocenters. The summed E-state index contributed by atoms with van der Waals surface area (Å²) in [7, 11) is 0. The van der Waals surface area contributed by atoms with Gasteiger partial charge < -0.3 is 15.5 Å². The van der Waals surface area contributed by atoms with Crippen molar-refractivity contribution < 1.29 is 13.9 Å². The van der Waals surface area contributed by atoms with Crippen LogP contribution in [0.4, 0.5) is 4.39 Å². The van der Waals surface area contributed by atoms with Gasteiger partial charge in [-0.05, 0) is 48.9 Å². The Balaban J connectivity index is 1.68. The lowest BCUT2D eigenvalue weighted by atomic mass is 9.84. The van der Waals surface area contributed by atoms with Crippen molar-refractivity contribution >= 4 is 17.5 Å². The lowest BCUT2D eigenvalue weighted by Gasteiger charge is -2.21. The zero-order valence-electron chi connectivity index (χ0n) is 18.3. The highest BCUT2D eigenvalue weighted by Gasteiger charge is 2.28. The van der Waals surface area contributed by atoms with Crippen molar-refractivity contribution in [2.24, 2.45) is 17.1 Å². The number of amides is 1. The van der Waals surface area contributed by atoms with Crippen molar-refractivity contribution in [1.82, 2.24) is 15.0 Å². The van der Waals surface area contributed by atoms with Crippen LogP contribution in [0.25, 0.3) is 22.8 Å². The molecule has 1 amide bonds. The molecule has 1 fully saturated rings. The van der Waals surface area contributed by atoms with Crippen molar-refractivity contribution in [1.29, 1.82) is 0 Å². The molecule has 1 aliphatic carbocycles. The minimum atomic E-state index is -0.970. The molecule has 0 radical (unpaired) electrons. The molecule has 1 aliphatic rings. The van der Waals surface area contributed by atoms with E-state index < -0.39 is 22.7 Å². The third kappa shape index (κ3) is 5.22. The molecule has 2 aromatic heterocycles. The molecular weight excluding hydrogens is 447 g/mol. The van der Waals surface area contributed by atoms with Crippen molar-refractivity contribution in [3.05, 3.63) is 63.3 Å². The number of pyridine rings is 1. The van der Waals surface area contributed by atoms with Crippen LogP contribution < -0.4 is 16.0 Å². The van der Waals surface area contributed by atoms with Gasteiger partial charge in [0.1, 0.15) is 17.4 Å². The first-order valence-corrected chi connectivity index (χ1v) is 11.0. The van der Waals surface area contributed by atoms with Crippen molar-refractivity contribution in [3.8, 4) is 28.5 Å². The van der Waals surface area contributed by atoms with Crippen LogP contribution in [0.2, 0.25) is 5.02 Å². The van der Waals surface area contributed by atoms with E-state index in [-0.39, 0.29) is 34.1 Å². The van der Waals surface area contributed by atoms with Crippen molar-refractivity contribution in [2.75, 3.05) is 6.61 Å². The summed E-state index contributed by atoms with van der Waals surface area (Å²) in [6, 6.07) is 7.73. The Bertz CT molecular complexity index is 1250. The van der Waals surface area contributed by atoms with Gasteiger partial charge in [0, 0.05) is 11.5 Å². The van der Waals surface area contributed by atoms with Crippen LogP contribution in [0.1, 0.15) is 32.3 Å². The smallest absolute Gasteiger partial charge is 0.251 e. The van der Waals surface area contributed by atoms with Crippen LogP contribution >= 0.6 is 11.6 Å². The number of benzene rings is 1. The molecule has 3 aromatic rings. The highest BCUT2D eigenvalue weighted by Crippen LogP contribution is 2.34. The summed E-state index contributed by atoms with van der Waals surface area (Å²) in [5.41, 5.74) is 4.86. The number of hydrogen-bond donors (Lipinski definition) is 2. The zero-order chi connectivity index (χ0) is 23.8. The number of primary amides is 1. The number of carbonyl (C=O) groups excluding carboxylic acids is 1. The first-order valence-electron chi connectivity index (χ1n) is 10.6. The average molecular weight is 471 g/mol. The van der Waals surface area contributed by atoms with Gasteiger partial charge in [0.15, 0.2) is 0 Å². The number of carbonyl (C=O) groups is 1. The summed E-state index contributed by atoms with van der Waals surface area (Å²) in [6.07, 6.45) is 4.00. The molecule has 1 aromatic carbocycles. The minimum Gasteiger partial charge on any atom is -0.492 e. The molecule has 33 heavy (non-hydrogen) atoms. The number of H-pyrrole nitrogens is 1. The number of aromatic amines is 1. The molecule has 9 heteroatoms. The standard InChI is InChI=1S/C24H24ClFN4O3/c1-24(2,23(27)32)10-14-5-7-16(25)20(21(14)26)22-29-18(9-19(31)30-22)17-8-6-15(11-28-17)33-12-13-3-4-13/h5-9,11,13H,3-4,10,12H2,1-2H3,(H2,27,32)(H,29,30,31).